The number of aryl methyl sites for hydroxylation is 1. The minimum absolute atomic E-state index is 0.218. The van der Waals surface area contributed by atoms with E-state index < -0.39 is 6.10 Å². The molecule has 3 aromatic rings. The van der Waals surface area contributed by atoms with Gasteiger partial charge in [-0.15, -0.1) is 11.3 Å². The summed E-state index contributed by atoms with van der Waals surface area (Å²) in [4.78, 5) is 28.6. The SMILES string of the molecule is Cc1nc(COc2ccc(C(=O)Nc3ccc4c(c3)NC(=O)[C@@H](C)O4)cc2)cs1. The average molecular weight is 409 g/mol. The molecule has 0 unspecified atom stereocenters. The van der Waals surface area contributed by atoms with Crippen LogP contribution in [-0.4, -0.2) is 22.9 Å². The second kappa shape index (κ2) is 7.92. The van der Waals surface area contributed by atoms with Crippen LogP contribution in [0.15, 0.2) is 47.8 Å². The number of benzene rings is 2. The Hall–Kier alpha value is -3.39. The summed E-state index contributed by atoms with van der Waals surface area (Å²) in [6, 6.07) is 12.0. The van der Waals surface area contributed by atoms with Gasteiger partial charge in [0.05, 0.1) is 16.4 Å². The third-order valence-electron chi connectivity index (χ3n) is 4.34. The van der Waals surface area contributed by atoms with Gasteiger partial charge in [-0.2, -0.15) is 0 Å². The van der Waals surface area contributed by atoms with Crippen molar-refractivity contribution in [3.05, 3.63) is 64.1 Å². The highest BCUT2D eigenvalue weighted by Gasteiger charge is 2.23. The number of amides is 2. The van der Waals surface area contributed by atoms with E-state index >= 15 is 0 Å². The molecule has 29 heavy (non-hydrogen) atoms. The molecule has 2 amide bonds. The molecule has 1 atom stereocenters. The van der Waals surface area contributed by atoms with E-state index in [-0.39, 0.29) is 11.8 Å². The summed E-state index contributed by atoms with van der Waals surface area (Å²) in [5.74, 6) is 0.759. The first-order valence-corrected chi connectivity index (χ1v) is 9.93. The van der Waals surface area contributed by atoms with Crippen molar-refractivity contribution in [1.82, 2.24) is 4.98 Å². The Kier molecular flexibility index (Phi) is 5.18. The van der Waals surface area contributed by atoms with Crippen LogP contribution >= 0.6 is 11.3 Å². The van der Waals surface area contributed by atoms with Gasteiger partial charge in [0.25, 0.3) is 11.8 Å². The average Bonchev–Trinajstić information content (AvgIpc) is 3.13. The van der Waals surface area contributed by atoms with Crippen LogP contribution in [0, 0.1) is 6.92 Å². The predicted octanol–water partition coefficient (Wildman–Crippen LogP) is 4.00. The number of anilines is 2. The van der Waals surface area contributed by atoms with Gasteiger partial charge < -0.3 is 20.1 Å². The first-order chi connectivity index (χ1) is 14.0. The number of hydrogen-bond donors (Lipinski definition) is 2. The molecule has 0 fully saturated rings. The summed E-state index contributed by atoms with van der Waals surface area (Å²) in [6.07, 6.45) is -0.539. The number of rotatable bonds is 5. The molecule has 0 saturated heterocycles. The molecule has 2 heterocycles. The van der Waals surface area contributed by atoms with Crippen LogP contribution < -0.4 is 20.1 Å². The molecule has 7 nitrogen and oxygen atoms in total. The molecule has 1 aromatic heterocycles. The molecule has 0 spiro atoms. The molecule has 0 aliphatic carbocycles. The molecule has 8 heteroatoms. The van der Waals surface area contributed by atoms with Gasteiger partial charge >= 0.3 is 0 Å². The molecule has 0 saturated carbocycles. The van der Waals surface area contributed by atoms with Gasteiger partial charge in [-0.25, -0.2) is 4.98 Å². The van der Waals surface area contributed by atoms with Gasteiger partial charge in [-0.1, -0.05) is 0 Å². The zero-order valence-corrected chi connectivity index (χ0v) is 16.7. The maximum absolute atomic E-state index is 12.5. The normalized spacial score (nSPS) is 15.1. The maximum atomic E-state index is 12.5. The Labute approximate surface area is 171 Å². The summed E-state index contributed by atoms with van der Waals surface area (Å²) < 4.78 is 11.2. The van der Waals surface area contributed by atoms with Crippen molar-refractivity contribution >= 4 is 34.5 Å². The van der Waals surface area contributed by atoms with E-state index in [4.69, 9.17) is 9.47 Å². The van der Waals surface area contributed by atoms with Crippen molar-refractivity contribution in [1.29, 1.82) is 0 Å². The van der Waals surface area contributed by atoms with E-state index in [1.54, 1.807) is 60.7 Å². The van der Waals surface area contributed by atoms with E-state index in [1.807, 2.05) is 12.3 Å². The zero-order valence-electron chi connectivity index (χ0n) is 15.9. The third kappa shape index (κ3) is 4.38. The van der Waals surface area contributed by atoms with Crippen LogP contribution in [0.2, 0.25) is 0 Å². The first-order valence-electron chi connectivity index (χ1n) is 9.05. The van der Waals surface area contributed by atoms with Crippen molar-refractivity contribution in [2.75, 3.05) is 10.6 Å². The Morgan fingerprint density at radius 3 is 2.79 bits per heavy atom. The van der Waals surface area contributed by atoms with Crippen molar-refractivity contribution in [2.45, 2.75) is 26.6 Å². The fourth-order valence-corrected chi connectivity index (χ4v) is 3.42. The molecule has 0 bridgehead atoms. The highest BCUT2D eigenvalue weighted by molar-refractivity contribution is 7.09. The number of carbonyl (C=O) groups excluding carboxylic acids is 2. The van der Waals surface area contributed by atoms with Crippen LogP contribution in [0.25, 0.3) is 0 Å². The Morgan fingerprint density at radius 1 is 1.28 bits per heavy atom. The monoisotopic (exact) mass is 409 g/mol. The molecule has 2 N–H and O–H groups in total. The summed E-state index contributed by atoms with van der Waals surface area (Å²) >= 11 is 1.58. The largest absolute Gasteiger partial charge is 0.487 e. The van der Waals surface area contributed by atoms with Gasteiger partial charge in [-0.05, 0) is 56.3 Å². The van der Waals surface area contributed by atoms with E-state index in [1.165, 1.54) is 0 Å². The van der Waals surface area contributed by atoms with Gasteiger partial charge in [0.1, 0.15) is 18.1 Å². The fraction of sp³-hybridized carbons (Fsp3) is 0.190. The lowest BCUT2D eigenvalue weighted by atomic mass is 10.1. The number of ether oxygens (including phenoxy) is 2. The number of nitrogens with zero attached hydrogens (tertiary/aromatic N) is 1. The van der Waals surface area contributed by atoms with Crippen LogP contribution in [0.1, 0.15) is 28.0 Å². The second-order valence-corrected chi connectivity index (χ2v) is 7.65. The molecular formula is C21H19N3O4S. The van der Waals surface area contributed by atoms with Crippen LogP contribution in [0.5, 0.6) is 11.5 Å². The number of carbonyl (C=O) groups is 2. The zero-order chi connectivity index (χ0) is 20.4. The van der Waals surface area contributed by atoms with Crippen LogP contribution in [-0.2, 0) is 11.4 Å². The van der Waals surface area contributed by atoms with Gasteiger partial charge in [-0.3, -0.25) is 9.59 Å². The Bertz CT molecular complexity index is 1060. The smallest absolute Gasteiger partial charge is 0.265 e. The van der Waals surface area contributed by atoms with E-state index in [9.17, 15) is 9.59 Å². The molecule has 1 aliphatic heterocycles. The molecule has 148 valence electrons. The fourth-order valence-electron chi connectivity index (χ4n) is 2.82. The van der Waals surface area contributed by atoms with Crippen molar-refractivity contribution in [3.63, 3.8) is 0 Å². The lowest BCUT2D eigenvalue weighted by Crippen LogP contribution is -2.34. The highest BCUT2D eigenvalue weighted by Crippen LogP contribution is 2.32. The van der Waals surface area contributed by atoms with Gasteiger partial charge in [0.15, 0.2) is 6.10 Å². The summed E-state index contributed by atoms with van der Waals surface area (Å²) in [7, 11) is 0. The molecule has 1 aliphatic rings. The molecule has 4 rings (SSSR count). The first kappa shape index (κ1) is 18.9. The summed E-state index contributed by atoms with van der Waals surface area (Å²) in [6.45, 7) is 4.02. The summed E-state index contributed by atoms with van der Waals surface area (Å²) in [5.41, 5.74) is 2.47. The van der Waals surface area contributed by atoms with E-state index in [0.717, 1.165) is 10.7 Å². The summed E-state index contributed by atoms with van der Waals surface area (Å²) in [5, 5.41) is 8.54. The topological polar surface area (TPSA) is 89.5 Å². The number of fused-ring (bicyclic) bond motifs is 1. The van der Waals surface area contributed by atoms with E-state index in [0.29, 0.717) is 35.0 Å². The molecule has 2 aromatic carbocycles. The van der Waals surface area contributed by atoms with Crippen molar-refractivity contribution < 1.29 is 19.1 Å². The minimum Gasteiger partial charge on any atom is -0.487 e. The third-order valence-corrected chi connectivity index (χ3v) is 5.16. The molecular weight excluding hydrogens is 390 g/mol. The van der Waals surface area contributed by atoms with Crippen LogP contribution in [0.3, 0.4) is 0 Å². The highest BCUT2D eigenvalue weighted by atomic mass is 32.1. The number of nitrogens with one attached hydrogen (secondary N) is 2. The van der Waals surface area contributed by atoms with Crippen molar-refractivity contribution in [3.8, 4) is 11.5 Å². The van der Waals surface area contributed by atoms with Crippen LogP contribution in [0.4, 0.5) is 11.4 Å². The van der Waals surface area contributed by atoms with Crippen molar-refractivity contribution in [2.24, 2.45) is 0 Å². The standard InChI is InChI=1S/C21H19N3O4S/c1-12-20(25)24-18-9-15(5-8-19(18)28-12)23-21(26)14-3-6-17(7-4-14)27-10-16-11-29-13(2)22-16/h3-9,11-12H,10H2,1-2H3,(H,23,26)(H,24,25)/t12-/m1/s1. The van der Waals surface area contributed by atoms with Gasteiger partial charge in [0, 0.05) is 16.6 Å². The molecule has 0 radical (unpaired) electrons. The van der Waals surface area contributed by atoms with Gasteiger partial charge in [0.2, 0.25) is 0 Å². The predicted molar refractivity (Wildman–Crippen MR) is 111 cm³/mol. The lowest BCUT2D eigenvalue weighted by molar-refractivity contribution is -0.122. The maximum Gasteiger partial charge on any atom is 0.265 e. The number of thiazole rings is 1. The second-order valence-electron chi connectivity index (χ2n) is 6.59. The Morgan fingerprint density at radius 2 is 2.07 bits per heavy atom. The Balaban J connectivity index is 1.38. The quantitative estimate of drug-likeness (QED) is 0.665. The van der Waals surface area contributed by atoms with E-state index in [2.05, 4.69) is 15.6 Å². The number of aromatic nitrogens is 1. The minimum atomic E-state index is -0.539. The number of hydrogen-bond acceptors (Lipinski definition) is 6. The lowest BCUT2D eigenvalue weighted by Gasteiger charge is -2.23.